The second-order valence-corrected chi connectivity index (χ2v) is 5.44. The Kier molecular flexibility index (Phi) is 4.07. The van der Waals surface area contributed by atoms with E-state index < -0.39 is 5.54 Å². The second-order valence-electron chi connectivity index (χ2n) is 4.18. The Labute approximate surface area is 98.9 Å². The van der Waals surface area contributed by atoms with Crippen molar-refractivity contribution in [3.8, 4) is 0 Å². The number of hydrogen-bond donors (Lipinski definition) is 3. The molecule has 5 heteroatoms. The fourth-order valence-electron chi connectivity index (χ4n) is 1.15. The van der Waals surface area contributed by atoms with E-state index in [4.69, 9.17) is 10.2 Å². The molecule has 0 spiro atoms. The number of thiophene rings is 1. The molecule has 0 fully saturated rings. The first kappa shape index (κ1) is 13.2. The van der Waals surface area contributed by atoms with Gasteiger partial charge in [-0.1, -0.05) is 0 Å². The van der Waals surface area contributed by atoms with Crippen molar-refractivity contribution in [1.82, 2.24) is 5.32 Å². The highest BCUT2D eigenvalue weighted by Crippen LogP contribution is 2.21. The summed E-state index contributed by atoms with van der Waals surface area (Å²) in [6.07, 6.45) is 0. The first-order chi connectivity index (χ1) is 7.41. The molecule has 0 saturated carbocycles. The van der Waals surface area contributed by atoms with Gasteiger partial charge in [0.2, 0.25) is 0 Å². The van der Waals surface area contributed by atoms with Crippen molar-refractivity contribution in [2.24, 2.45) is 0 Å². The van der Waals surface area contributed by atoms with Gasteiger partial charge in [0.15, 0.2) is 0 Å². The van der Waals surface area contributed by atoms with Gasteiger partial charge in [0.05, 0.1) is 23.6 Å². The van der Waals surface area contributed by atoms with E-state index in [-0.39, 0.29) is 19.1 Å². The van der Waals surface area contributed by atoms with Crippen molar-refractivity contribution in [3.63, 3.8) is 0 Å². The molecule has 1 heterocycles. The highest BCUT2D eigenvalue weighted by Gasteiger charge is 2.25. The Morgan fingerprint density at radius 2 is 2.00 bits per heavy atom. The monoisotopic (exact) mass is 243 g/mol. The van der Waals surface area contributed by atoms with Crippen LogP contribution in [0.5, 0.6) is 0 Å². The summed E-state index contributed by atoms with van der Waals surface area (Å²) in [5, 5.41) is 20.8. The van der Waals surface area contributed by atoms with Crippen molar-refractivity contribution in [3.05, 3.63) is 21.4 Å². The Balaban J connectivity index is 2.80. The highest BCUT2D eigenvalue weighted by atomic mass is 32.1. The molecule has 0 aliphatic carbocycles. The number of carbonyl (C=O) groups is 1. The minimum Gasteiger partial charge on any atom is -0.394 e. The fourth-order valence-corrected chi connectivity index (χ4v) is 2.08. The van der Waals surface area contributed by atoms with E-state index in [1.807, 2.05) is 19.9 Å². The summed E-state index contributed by atoms with van der Waals surface area (Å²) >= 11 is 1.41. The van der Waals surface area contributed by atoms with Gasteiger partial charge in [-0.25, -0.2) is 0 Å². The van der Waals surface area contributed by atoms with Gasteiger partial charge in [-0.2, -0.15) is 0 Å². The first-order valence-corrected chi connectivity index (χ1v) is 5.85. The quantitative estimate of drug-likeness (QED) is 0.734. The van der Waals surface area contributed by atoms with Crippen molar-refractivity contribution < 1.29 is 15.0 Å². The lowest BCUT2D eigenvalue weighted by molar-refractivity contribution is 0.0727. The van der Waals surface area contributed by atoms with Crippen LogP contribution in [0.1, 0.15) is 27.0 Å². The van der Waals surface area contributed by atoms with Crippen LogP contribution >= 0.6 is 11.3 Å². The lowest BCUT2D eigenvalue weighted by atomic mass is 10.1. The second kappa shape index (κ2) is 4.95. The number of aliphatic hydroxyl groups is 2. The molecular weight excluding hydrogens is 226 g/mol. The van der Waals surface area contributed by atoms with E-state index in [9.17, 15) is 4.79 Å². The van der Waals surface area contributed by atoms with Gasteiger partial charge in [-0.15, -0.1) is 11.3 Å². The molecule has 0 unspecified atom stereocenters. The summed E-state index contributed by atoms with van der Waals surface area (Å²) in [6.45, 7) is 4.91. The van der Waals surface area contributed by atoms with E-state index in [1.165, 1.54) is 11.3 Å². The fraction of sp³-hybridized carbons (Fsp3) is 0.545. The van der Waals surface area contributed by atoms with Crippen LogP contribution in [-0.4, -0.2) is 34.9 Å². The average molecular weight is 243 g/mol. The van der Waals surface area contributed by atoms with Crippen LogP contribution in [0.15, 0.2) is 6.07 Å². The van der Waals surface area contributed by atoms with Crippen LogP contribution < -0.4 is 5.32 Å². The summed E-state index contributed by atoms with van der Waals surface area (Å²) in [5.74, 6) is -0.258. The Hall–Kier alpha value is -0.910. The molecule has 0 aromatic carbocycles. The molecular formula is C11H17NO3S. The molecule has 0 atom stereocenters. The summed E-state index contributed by atoms with van der Waals surface area (Å²) in [6, 6.07) is 1.81. The normalized spacial score (nSPS) is 11.6. The van der Waals surface area contributed by atoms with Gasteiger partial charge in [0.1, 0.15) is 0 Å². The van der Waals surface area contributed by atoms with Crippen molar-refractivity contribution in [1.29, 1.82) is 0 Å². The molecule has 1 amide bonds. The summed E-state index contributed by atoms with van der Waals surface area (Å²) in [4.78, 5) is 13.5. The van der Waals surface area contributed by atoms with Crippen LogP contribution in [0, 0.1) is 13.8 Å². The van der Waals surface area contributed by atoms with Crippen molar-refractivity contribution in [2.75, 3.05) is 13.2 Å². The predicted octanol–water partition coefficient (Wildman–Crippen LogP) is 0.838. The minimum atomic E-state index is -0.969. The van der Waals surface area contributed by atoms with Gasteiger partial charge in [-0.3, -0.25) is 4.79 Å². The number of aryl methyl sites for hydroxylation is 2. The summed E-state index contributed by atoms with van der Waals surface area (Å²) in [7, 11) is 0. The molecule has 0 bridgehead atoms. The minimum absolute atomic E-state index is 0.258. The maximum Gasteiger partial charge on any atom is 0.261 e. The molecule has 16 heavy (non-hydrogen) atoms. The third kappa shape index (κ3) is 2.81. The molecule has 90 valence electrons. The van der Waals surface area contributed by atoms with E-state index in [0.29, 0.717) is 4.88 Å². The maximum atomic E-state index is 11.8. The zero-order valence-corrected chi connectivity index (χ0v) is 10.5. The number of amides is 1. The highest BCUT2D eigenvalue weighted by molar-refractivity contribution is 7.14. The number of aliphatic hydroxyl groups excluding tert-OH is 2. The van der Waals surface area contributed by atoms with Crippen molar-refractivity contribution >= 4 is 17.2 Å². The summed E-state index contributed by atoms with van der Waals surface area (Å²) < 4.78 is 0. The number of rotatable bonds is 4. The Morgan fingerprint density at radius 1 is 1.44 bits per heavy atom. The third-order valence-corrected chi connectivity index (χ3v) is 3.65. The largest absolute Gasteiger partial charge is 0.394 e. The Morgan fingerprint density at radius 3 is 2.38 bits per heavy atom. The third-order valence-electron chi connectivity index (χ3n) is 2.50. The van der Waals surface area contributed by atoms with Crippen LogP contribution in [0.2, 0.25) is 0 Å². The molecule has 0 saturated heterocycles. The molecule has 1 aromatic rings. The predicted molar refractivity (Wildman–Crippen MR) is 63.8 cm³/mol. The Bertz CT molecular complexity index is 363. The van der Waals surface area contributed by atoms with Crippen molar-refractivity contribution in [2.45, 2.75) is 26.3 Å². The van der Waals surface area contributed by atoms with E-state index >= 15 is 0 Å². The van der Waals surface area contributed by atoms with Gasteiger partial charge in [0, 0.05) is 4.88 Å². The number of carbonyl (C=O) groups excluding carboxylic acids is 1. The molecule has 4 nitrogen and oxygen atoms in total. The first-order valence-electron chi connectivity index (χ1n) is 5.03. The maximum absolute atomic E-state index is 11.8. The van der Waals surface area contributed by atoms with E-state index in [0.717, 1.165) is 10.4 Å². The standard InChI is InChI=1S/C11H17NO3S/c1-7-4-9(16-8(7)2)10(15)12-11(3,5-13)6-14/h4,13-14H,5-6H2,1-3H3,(H,12,15). The molecule has 1 rings (SSSR count). The molecule has 0 aliphatic rings. The van der Waals surface area contributed by atoms with Crippen LogP contribution in [0.25, 0.3) is 0 Å². The number of hydrogen-bond acceptors (Lipinski definition) is 4. The molecule has 0 aliphatic heterocycles. The van der Waals surface area contributed by atoms with Gasteiger partial charge < -0.3 is 15.5 Å². The average Bonchev–Trinajstić information content (AvgIpc) is 2.59. The lowest BCUT2D eigenvalue weighted by Gasteiger charge is -2.25. The van der Waals surface area contributed by atoms with Crippen LogP contribution in [0.4, 0.5) is 0 Å². The molecule has 1 aromatic heterocycles. The van der Waals surface area contributed by atoms with Crippen LogP contribution in [0.3, 0.4) is 0 Å². The zero-order valence-electron chi connectivity index (χ0n) is 9.70. The van der Waals surface area contributed by atoms with E-state index in [2.05, 4.69) is 5.32 Å². The van der Waals surface area contributed by atoms with Gasteiger partial charge >= 0.3 is 0 Å². The smallest absolute Gasteiger partial charge is 0.261 e. The molecule has 0 radical (unpaired) electrons. The van der Waals surface area contributed by atoms with E-state index in [1.54, 1.807) is 6.92 Å². The van der Waals surface area contributed by atoms with Gasteiger partial charge in [0.25, 0.3) is 5.91 Å². The lowest BCUT2D eigenvalue weighted by Crippen LogP contribution is -2.51. The van der Waals surface area contributed by atoms with Gasteiger partial charge in [-0.05, 0) is 32.4 Å². The molecule has 3 N–H and O–H groups in total. The summed E-state index contributed by atoms with van der Waals surface area (Å²) in [5.41, 5.74) is 0.105. The SMILES string of the molecule is Cc1cc(C(=O)NC(C)(CO)CO)sc1C. The number of nitrogens with one attached hydrogen (secondary N) is 1. The zero-order chi connectivity index (χ0) is 12.3. The topological polar surface area (TPSA) is 69.6 Å². The van der Waals surface area contributed by atoms with Crippen LogP contribution in [-0.2, 0) is 0 Å².